The molecule has 0 fully saturated rings. The van der Waals surface area contributed by atoms with Gasteiger partial charge in [-0.3, -0.25) is 0 Å². The quantitative estimate of drug-likeness (QED) is 0.412. The monoisotopic (exact) mass is 417 g/mol. The first-order valence-electron chi connectivity index (χ1n) is 9.78. The van der Waals surface area contributed by atoms with Gasteiger partial charge in [0.05, 0.1) is 34.0 Å². The first-order valence-corrected chi connectivity index (χ1v) is 9.78. The SMILES string of the molecule is CC(Nc1ccc(F)cc1C(=O)O)c1cc(F)cc2nc3c(nc12)-c1ccccc1C3. The number of fused-ring (bicyclic) bond motifs is 4. The maximum Gasteiger partial charge on any atom is 0.337 e. The normalized spacial score (nSPS) is 13.0. The number of aromatic carboxylic acids is 1. The van der Waals surface area contributed by atoms with Crippen molar-refractivity contribution in [2.24, 2.45) is 0 Å². The minimum absolute atomic E-state index is 0.200. The average molecular weight is 417 g/mol. The molecule has 0 bridgehead atoms. The van der Waals surface area contributed by atoms with Crippen LogP contribution in [0.1, 0.15) is 40.1 Å². The fraction of sp³-hybridized carbons (Fsp3) is 0.125. The molecule has 1 aliphatic carbocycles. The summed E-state index contributed by atoms with van der Waals surface area (Å²) in [6.45, 7) is 1.77. The van der Waals surface area contributed by atoms with Crippen LogP contribution >= 0.6 is 0 Å². The number of carboxylic acid groups (broad SMARTS) is 1. The molecular formula is C24H17F2N3O2. The Balaban J connectivity index is 1.61. The molecule has 7 heteroatoms. The number of aromatic nitrogens is 2. The lowest BCUT2D eigenvalue weighted by Gasteiger charge is -2.19. The molecule has 31 heavy (non-hydrogen) atoms. The number of rotatable bonds is 4. The van der Waals surface area contributed by atoms with Crippen molar-refractivity contribution < 1.29 is 18.7 Å². The summed E-state index contributed by atoms with van der Waals surface area (Å²) < 4.78 is 28.0. The molecule has 0 saturated carbocycles. The van der Waals surface area contributed by atoms with Crippen LogP contribution in [0.2, 0.25) is 0 Å². The van der Waals surface area contributed by atoms with Crippen molar-refractivity contribution in [3.63, 3.8) is 0 Å². The summed E-state index contributed by atoms with van der Waals surface area (Å²) in [4.78, 5) is 21.0. The molecule has 1 aliphatic rings. The minimum atomic E-state index is -1.26. The van der Waals surface area contributed by atoms with E-state index in [0.29, 0.717) is 23.0 Å². The second kappa shape index (κ2) is 7.12. The van der Waals surface area contributed by atoms with Gasteiger partial charge in [-0.25, -0.2) is 23.5 Å². The molecule has 5 rings (SSSR count). The number of carbonyl (C=O) groups is 1. The summed E-state index contributed by atoms with van der Waals surface area (Å²) in [7, 11) is 0. The first kappa shape index (κ1) is 19.1. The van der Waals surface area contributed by atoms with Crippen molar-refractivity contribution in [3.05, 3.63) is 88.6 Å². The van der Waals surface area contributed by atoms with Crippen LogP contribution < -0.4 is 5.32 Å². The van der Waals surface area contributed by atoms with Gasteiger partial charge in [0.2, 0.25) is 0 Å². The fourth-order valence-electron chi connectivity index (χ4n) is 4.07. The molecule has 0 saturated heterocycles. The molecular weight excluding hydrogens is 400 g/mol. The van der Waals surface area contributed by atoms with E-state index < -0.39 is 23.6 Å². The van der Waals surface area contributed by atoms with Gasteiger partial charge in [-0.05, 0) is 36.8 Å². The van der Waals surface area contributed by atoms with Gasteiger partial charge in [0.25, 0.3) is 0 Å². The molecule has 0 radical (unpaired) electrons. The molecule has 1 aromatic heterocycles. The van der Waals surface area contributed by atoms with Gasteiger partial charge in [-0.2, -0.15) is 0 Å². The van der Waals surface area contributed by atoms with E-state index in [0.717, 1.165) is 28.6 Å². The zero-order valence-electron chi connectivity index (χ0n) is 16.5. The number of nitrogens with one attached hydrogen (secondary N) is 1. The molecule has 154 valence electrons. The van der Waals surface area contributed by atoms with Gasteiger partial charge < -0.3 is 10.4 Å². The lowest BCUT2D eigenvalue weighted by molar-refractivity contribution is 0.0697. The maximum absolute atomic E-state index is 14.4. The van der Waals surface area contributed by atoms with Gasteiger partial charge in [-0.15, -0.1) is 0 Å². The predicted octanol–water partition coefficient (Wildman–Crippen LogP) is 5.35. The van der Waals surface area contributed by atoms with E-state index in [-0.39, 0.29) is 11.3 Å². The number of benzene rings is 3. The number of nitrogens with zero attached hydrogens (tertiary/aromatic N) is 2. The first-order chi connectivity index (χ1) is 14.9. The fourth-order valence-corrected chi connectivity index (χ4v) is 4.07. The van der Waals surface area contributed by atoms with E-state index in [1.54, 1.807) is 6.92 Å². The van der Waals surface area contributed by atoms with Gasteiger partial charge in [0.15, 0.2) is 0 Å². The third-order valence-electron chi connectivity index (χ3n) is 5.52. The number of halogens is 2. The van der Waals surface area contributed by atoms with E-state index in [2.05, 4.69) is 10.3 Å². The van der Waals surface area contributed by atoms with Crippen LogP contribution in [0.15, 0.2) is 54.6 Å². The lowest BCUT2D eigenvalue weighted by Crippen LogP contribution is -2.12. The second-order valence-corrected chi connectivity index (χ2v) is 7.58. The predicted molar refractivity (Wildman–Crippen MR) is 113 cm³/mol. The van der Waals surface area contributed by atoms with Crippen molar-refractivity contribution in [3.8, 4) is 11.3 Å². The highest BCUT2D eigenvalue weighted by atomic mass is 19.1. The Morgan fingerprint density at radius 2 is 1.87 bits per heavy atom. The Kier molecular flexibility index (Phi) is 4.39. The highest BCUT2D eigenvalue weighted by Gasteiger charge is 2.24. The molecule has 5 nitrogen and oxygen atoms in total. The number of hydrogen-bond donors (Lipinski definition) is 2. The van der Waals surface area contributed by atoms with E-state index in [1.165, 1.54) is 24.3 Å². The van der Waals surface area contributed by atoms with Gasteiger partial charge in [0, 0.05) is 29.3 Å². The van der Waals surface area contributed by atoms with Crippen LogP contribution in [0.3, 0.4) is 0 Å². The number of anilines is 1. The van der Waals surface area contributed by atoms with Gasteiger partial charge in [-0.1, -0.05) is 24.3 Å². The Hall–Kier alpha value is -3.87. The van der Waals surface area contributed by atoms with Crippen LogP contribution in [0.5, 0.6) is 0 Å². The summed E-state index contributed by atoms with van der Waals surface area (Å²) in [5.74, 6) is -2.36. The molecule has 1 atom stereocenters. The third kappa shape index (κ3) is 3.28. The second-order valence-electron chi connectivity index (χ2n) is 7.58. The van der Waals surface area contributed by atoms with E-state index in [1.807, 2.05) is 24.3 Å². The van der Waals surface area contributed by atoms with Crippen LogP contribution in [0.4, 0.5) is 14.5 Å². The van der Waals surface area contributed by atoms with E-state index >= 15 is 0 Å². The highest BCUT2D eigenvalue weighted by Crippen LogP contribution is 2.37. The maximum atomic E-state index is 14.4. The van der Waals surface area contributed by atoms with Crippen molar-refractivity contribution in [2.75, 3.05) is 5.32 Å². The van der Waals surface area contributed by atoms with E-state index in [9.17, 15) is 18.7 Å². The Morgan fingerprint density at radius 1 is 1.06 bits per heavy atom. The smallest absolute Gasteiger partial charge is 0.337 e. The Labute approximate surface area is 176 Å². The summed E-state index contributed by atoms with van der Waals surface area (Å²) in [5, 5.41) is 12.5. The zero-order chi connectivity index (χ0) is 21.7. The van der Waals surface area contributed by atoms with Crippen molar-refractivity contribution in [1.29, 1.82) is 0 Å². The van der Waals surface area contributed by atoms with Crippen LogP contribution in [0, 0.1) is 11.6 Å². The van der Waals surface area contributed by atoms with E-state index in [4.69, 9.17) is 4.98 Å². The van der Waals surface area contributed by atoms with Crippen molar-refractivity contribution >= 4 is 22.7 Å². The lowest BCUT2D eigenvalue weighted by atomic mass is 10.0. The molecule has 2 N–H and O–H groups in total. The molecule has 1 heterocycles. The summed E-state index contributed by atoms with van der Waals surface area (Å²) in [6, 6.07) is 13.6. The minimum Gasteiger partial charge on any atom is -0.478 e. The molecule has 3 aromatic carbocycles. The Bertz CT molecular complexity index is 1370. The number of hydrogen-bond acceptors (Lipinski definition) is 4. The van der Waals surface area contributed by atoms with Gasteiger partial charge >= 0.3 is 5.97 Å². The molecule has 0 spiro atoms. The standard InChI is InChI=1S/C24H17F2N3O2/c1-12(27-19-7-6-14(25)9-18(19)24(30)31)17-10-15(26)11-21-23(17)29-22-16-5-3-2-4-13(16)8-20(22)28-21/h2-7,9-12,27H,8H2,1H3,(H,30,31). The zero-order valence-corrected chi connectivity index (χ0v) is 16.5. The largest absolute Gasteiger partial charge is 0.478 e. The molecule has 0 aliphatic heterocycles. The van der Waals surface area contributed by atoms with Crippen LogP contribution in [0.25, 0.3) is 22.3 Å². The highest BCUT2D eigenvalue weighted by molar-refractivity contribution is 5.94. The van der Waals surface area contributed by atoms with Gasteiger partial charge in [0.1, 0.15) is 11.6 Å². The Morgan fingerprint density at radius 3 is 2.68 bits per heavy atom. The molecule has 4 aromatic rings. The molecule has 1 unspecified atom stereocenters. The average Bonchev–Trinajstić information content (AvgIpc) is 3.10. The number of carboxylic acids is 1. The molecule has 0 amide bonds. The topological polar surface area (TPSA) is 75.1 Å². The van der Waals surface area contributed by atoms with Crippen molar-refractivity contribution in [1.82, 2.24) is 9.97 Å². The summed E-state index contributed by atoms with van der Waals surface area (Å²) >= 11 is 0. The summed E-state index contributed by atoms with van der Waals surface area (Å²) in [5.41, 5.74) is 5.26. The summed E-state index contributed by atoms with van der Waals surface area (Å²) in [6.07, 6.45) is 0.644. The van der Waals surface area contributed by atoms with Crippen molar-refractivity contribution in [2.45, 2.75) is 19.4 Å². The third-order valence-corrected chi connectivity index (χ3v) is 5.52. The van der Waals surface area contributed by atoms with Crippen LogP contribution in [-0.4, -0.2) is 21.0 Å². The van der Waals surface area contributed by atoms with Crippen LogP contribution in [-0.2, 0) is 6.42 Å².